The van der Waals surface area contributed by atoms with Gasteiger partial charge in [-0.25, -0.2) is 0 Å². The van der Waals surface area contributed by atoms with Crippen LogP contribution >= 0.6 is 11.6 Å². The quantitative estimate of drug-likeness (QED) is 0.544. The summed E-state index contributed by atoms with van der Waals surface area (Å²) in [4.78, 5) is 47.9. The maximum atomic E-state index is 14.7. The van der Waals surface area contributed by atoms with Gasteiger partial charge in [0.05, 0.1) is 40.8 Å². The van der Waals surface area contributed by atoms with Gasteiger partial charge in [-0.2, -0.15) is 0 Å². The first-order valence-electron chi connectivity index (χ1n) is 13.8. The Kier molecular flexibility index (Phi) is 7.19. The number of nitrogens with zero attached hydrogens (tertiary/aromatic N) is 3. The van der Waals surface area contributed by atoms with Gasteiger partial charge in [-0.05, 0) is 37.3 Å². The zero-order chi connectivity index (χ0) is 28.3. The van der Waals surface area contributed by atoms with Crippen LogP contribution in [0, 0.1) is 24.7 Å². The van der Waals surface area contributed by atoms with Gasteiger partial charge in [-0.1, -0.05) is 68.8 Å². The van der Waals surface area contributed by atoms with Crippen LogP contribution in [-0.4, -0.2) is 82.7 Å². The zero-order valence-corrected chi connectivity index (χ0v) is 24.0. The number of ether oxygens (including phenoxy) is 1. The number of carbonyl (C=O) groups excluding carboxylic acids is 3. The van der Waals surface area contributed by atoms with Crippen molar-refractivity contribution in [1.82, 2.24) is 9.80 Å². The summed E-state index contributed by atoms with van der Waals surface area (Å²) in [6, 6.07) is 3.79. The van der Waals surface area contributed by atoms with Crippen LogP contribution in [0.5, 0.6) is 0 Å². The Morgan fingerprint density at radius 1 is 1.08 bits per heavy atom. The molecule has 0 aromatic heterocycles. The molecule has 1 spiro atoms. The van der Waals surface area contributed by atoms with Gasteiger partial charge >= 0.3 is 0 Å². The first kappa shape index (κ1) is 27.9. The molecule has 0 bridgehead atoms. The number of aliphatic hydroxyl groups is 1. The van der Waals surface area contributed by atoms with Crippen LogP contribution in [0.2, 0.25) is 5.02 Å². The van der Waals surface area contributed by atoms with Gasteiger partial charge in [-0.15, -0.1) is 0 Å². The number of anilines is 1. The minimum atomic E-state index is -1.37. The monoisotopic (exact) mass is 555 g/mol. The molecule has 8 nitrogen and oxygen atoms in total. The number of hydrogen-bond donors (Lipinski definition) is 1. The largest absolute Gasteiger partial charge is 0.394 e. The number of likely N-dealkylation sites (tertiary alicyclic amines) is 1. The van der Waals surface area contributed by atoms with Gasteiger partial charge in [0.15, 0.2) is 0 Å². The third-order valence-electron chi connectivity index (χ3n) is 8.89. The van der Waals surface area contributed by atoms with E-state index in [0.29, 0.717) is 30.1 Å². The van der Waals surface area contributed by atoms with E-state index >= 15 is 0 Å². The molecule has 6 atom stereocenters. The van der Waals surface area contributed by atoms with Gasteiger partial charge in [0.1, 0.15) is 11.6 Å². The highest BCUT2D eigenvalue weighted by molar-refractivity contribution is 6.34. The number of carbonyl (C=O) groups is 3. The number of aliphatic hydroxyl groups excluding tert-OH is 1. The number of aryl methyl sites for hydroxylation is 1. The van der Waals surface area contributed by atoms with E-state index in [2.05, 4.69) is 0 Å². The van der Waals surface area contributed by atoms with E-state index in [1.807, 2.05) is 64.1 Å². The van der Waals surface area contributed by atoms with Crippen molar-refractivity contribution in [3.63, 3.8) is 0 Å². The number of benzene rings is 1. The fourth-order valence-electron chi connectivity index (χ4n) is 7.20. The van der Waals surface area contributed by atoms with Crippen molar-refractivity contribution in [1.29, 1.82) is 0 Å². The summed E-state index contributed by atoms with van der Waals surface area (Å²) in [7, 11) is 1.73. The molecule has 1 aromatic rings. The van der Waals surface area contributed by atoms with Crippen molar-refractivity contribution in [2.45, 2.75) is 63.8 Å². The summed E-state index contributed by atoms with van der Waals surface area (Å²) in [6.45, 7) is 8.22. The third-order valence-corrected chi connectivity index (χ3v) is 9.19. The Hall–Kier alpha value is -2.68. The van der Waals surface area contributed by atoms with Crippen LogP contribution in [0.3, 0.4) is 0 Å². The van der Waals surface area contributed by atoms with Crippen molar-refractivity contribution in [2.24, 2.45) is 17.8 Å². The molecule has 0 saturated carbocycles. The Balaban J connectivity index is 1.73. The number of halogens is 1. The molecule has 4 heterocycles. The molecule has 210 valence electrons. The summed E-state index contributed by atoms with van der Waals surface area (Å²) >= 11 is 6.63. The molecule has 4 aliphatic heterocycles. The summed E-state index contributed by atoms with van der Waals surface area (Å²) in [5, 5.41) is 10.9. The maximum absolute atomic E-state index is 14.7. The second-order valence-electron chi connectivity index (χ2n) is 11.7. The second kappa shape index (κ2) is 10.1. The van der Waals surface area contributed by atoms with E-state index < -0.39 is 35.1 Å². The number of fused-ring (bicyclic) bond motifs is 2. The smallest absolute Gasteiger partial charge is 0.253 e. The van der Waals surface area contributed by atoms with E-state index in [4.69, 9.17) is 16.3 Å². The molecule has 1 aromatic carbocycles. The number of rotatable bonds is 6. The fraction of sp³-hybridized carbons (Fsp3) is 0.567. The molecular weight excluding hydrogens is 518 g/mol. The second-order valence-corrected chi connectivity index (χ2v) is 12.1. The molecule has 0 aliphatic carbocycles. The van der Waals surface area contributed by atoms with Crippen molar-refractivity contribution < 1.29 is 24.2 Å². The standard InChI is InChI=1S/C30H38ClN3O5/c1-6-29-12-8-14-32(5)26(36)22(29)23-27(37)34(20(17-35)16-18(2)3)25-28(38)33(15-9-13-30(23,25)39-29)24-19(4)10-7-11-21(24)31/h7-13,18,20,22-23,25,35H,6,14-17H2,1-5H3/t20-,22-,23+,25?,29+,30+/m1/s1. The molecule has 2 fully saturated rings. The first-order valence-corrected chi connectivity index (χ1v) is 14.2. The minimum Gasteiger partial charge on any atom is -0.394 e. The maximum Gasteiger partial charge on any atom is 0.253 e. The lowest BCUT2D eigenvalue weighted by molar-refractivity contribution is -0.152. The van der Waals surface area contributed by atoms with Crippen LogP contribution in [0.4, 0.5) is 5.69 Å². The van der Waals surface area contributed by atoms with Gasteiger partial charge in [0, 0.05) is 20.1 Å². The summed E-state index contributed by atoms with van der Waals surface area (Å²) < 4.78 is 6.97. The molecule has 39 heavy (non-hydrogen) atoms. The predicted molar refractivity (Wildman–Crippen MR) is 149 cm³/mol. The third kappa shape index (κ3) is 4.06. The van der Waals surface area contributed by atoms with Crippen LogP contribution in [0.25, 0.3) is 0 Å². The van der Waals surface area contributed by atoms with Crippen molar-refractivity contribution in [2.75, 3.05) is 31.6 Å². The highest BCUT2D eigenvalue weighted by atomic mass is 35.5. The lowest BCUT2D eigenvalue weighted by atomic mass is 9.73. The summed E-state index contributed by atoms with van der Waals surface area (Å²) in [5.74, 6) is -2.38. The van der Waals surface area contributed by atoms with Gasteiger partial charge in [-0.3, -0.25) is 14.4 Å². The summed E-state index contributed by atoms with van der Waals surface area (Å²) in [6.07, 6.45) is 8.48. The minimum absolute atomic E-state index is 0.161. The molecule has 1 unspecified atom stereocenters. The van der Waals surface area contributed by atoms with E-state index in [0.717, 1.165) is 5.56 Å². The van der Waals surface area contributed by atoms with Crippen LogP contribution in [0.15, 0.2) is 42.5 Å². The molecule has 2 saturated heterocycles. The number of likely N-dealkylation sites (N-methyl/N-ethyl adjacent to an activating group) is 1. The number of amides is 3. The topological polar surface area (TPSA) is 90.4 Å². The molecule has 9 heteroatoms. The lowest BCUT2D eigenvalue weighted by Crippen LogP contribution is -2.59. The van der Waals surface area contributed by atoms with Gasteiger partial charge < -0.3 is 24.5 Å². The van der Waals surface area contributed by atoms with E-state index in [-0.39, 0.29) is 36.8 Å². The van der Waals surface area contributed by atoms with Crippen molar-refractivity contribution in [3.8, 4) is 0 Å². The lowest BCUT2D eigenvalue weighted by Gasteiger charge is -2.41. The first-order chi connectivity index (χ1) is 18.5. The average molecular weight is 556 g/mol. The van der Waals surface area contributed by atoms with Crippen molar-refractivity contribution in [3.05, 3.63) is 53.1 Å². The zero-order valence-electron chi connectivity index (χ0n) is 23.3. The Morgan fingerprint density at radius 2 is 1.79 bits per heavy atom. The Bertz CT molecular complexity index is 1230. The fourth-order valence-corrected chi connectivity index (χ4v) is 7.52. The van der Waals surface area contributed by atoms with E-state index in [1.165, 1.54) is 4.90 Å². The Labute approximate surface area is 235 Å². The highest BCUT2D eigenvalue weighted by Crippen LogP contribution is 2.59. The van der Waals surface area contributed by atoms with Crippen LogP contribution < -0.4 is 4.90 Å². The molecule has 4 aliphatic rings. The average Bonchev–Trinajstić information content (AvgIpc) is 3.20. The van der Waals surface area contributed by atoms with E-state index in [9.17, 15) is 19.5 Å². The molecule has 5 rings (SSSR count). The SMILES string of the molecule is CC[C@]12C=CCN(C)C(=O)[C@H]1[C@H]1C(=O)N([C@@H](CO)CC(C)C)C3C(=O)N(c4c(C)cccc4Cl)CC=C[C@@]31O2. The predicted octanol–water partition coefficient (Wildman–Crippen LogP) is 3.35. The summed E-state index contributed by atoms with van der Waals surface area (Å²) in [5.41, 5.74) is -0.990. The van der Waals surface area contributed by atoms with Gasteiger partial charge in [0.25, 0.3) is 5.91 Å². The normalized spacial score (nSPS) is 32.9. The Morgan fingerprint density at radius 3 is 2.44 bits per heavy atom. The number of hydrogen-bond acceptors (Lipinski definition) is 5. The van der Waals surface area contributed by atoms with Crippen molar-refractivity contribution >= 4 is 35.0 Å². The molecule has 0 radical (unpaired) electrons. The molecule has 3 amide bonds. The number of para-hydroxylation sites is 1. The van der Waals surface area contributed by atoms with Crippen LogP contribution in [-0.2, 0) is 19.1 Å². The van der Waals surface area contributed by atoms with E-state index in [1.54, 1.807) is 22.9 Å². The highest BCUT2D eigenvalue weighted by Gasteiger charge is 2.75. The van der Waals surface area contributed by atoms with Gasteiger partial charge in [0.2, 0.25) is 11.8 Å². The molecular formula is C30H38ClN3O5. The molecule has 1 N–H and O–H groups in total. The van der Waals surface area contributed by atoms with Crippen LogP contribution in [0.1, 0.15) is 39.2 Å².